The Bertz CT molecular complexity index is 1720. The van der Waals surface area contributed by atoms with Gasteiger partial charge in [-0.15, -0.1) is 0 Å². The number of aromatic nitrogens is 2. The summed E-state index contributed by atoms with van der Waals surface area (Å²) < 4.78 is 5.90. The minimum absolute atomic E-state index is 0.133. The van der Waals surface area contributed by atoms with Crippen LogP contribution >= 0.6 is 0 Å². The first-order valence-electron chi connectivity index (χ1n) is 18.3. The standard InChI is InChI=1S/C42H50N4O5/c1-4-5-6-7-8-23-51-37-19-17-32(18-20-37)36-26-43-39(44-27-36)33-13-9-31(10-14-33)25-38(41(48)46-22-21-35(28-46)42(49)50)45-40(47)34-15-11-30(12-16-34)24-29(2)3/h9-20,26-27,29,35,38H,4-8,21-25,28H2,1-3H3,(H,45,47)(H,49,50). The summed E-state index contributed by atoms with van der Waals surface area (Å²) in [4.78, 5) is 49.4. The van der Waals surface area contributed by atoms with Crippen molar-refractivity contribution in [1.82, 2.24) is 20.2 Å². The van der Waals surface area contributed by atoms with Gasteiger partial charge < -0.3 is 20.1 Å². The molecule has 5 rings (SSSR count). The second-order valence-electron chi connectivity index (χ2n) is 13.9. The third-order valence-electron chi connectivity index (χ3n) is 9.32. The van der Waals surface area contributed by atoms with E-state index in [-0.39, 0.29) is 24.8 Å². The van der Waals surface area contributed by atoms with E-state index in [4.69, 9.17) is 4.74 Å². The molecule has 1 saturated heterocycles. The van der Waals surface area contributed by atoms with E-state index in [1.54, 1.807) is 29.4 Å². The molecule has 0 spiro atoms. The van der Waals surface area contributed by atoms with Gasteiger partial charge in [-0.2, -0.15) is 0 Å². The summed E-state index contributed by atoms with van der Waals surface area (Å²) in [5.74, 6) is -0.213. The summed E-state index contributed by atoms with van der Waals surface area (Å²) in [6, 6.07) is 22.2. The Labute approximate surface area is 301 Å². The molecule has 1 aliphatic heterocycles. The topological polar surface area (TPSA) is 122 Å². The lowest BCUT2D eigenvalue weighted by atomic mass is 10.0. The van der Waals surface area contributed by atoms with Gasteiger partial charge in [0.25, 0.3) is 5.91 Å². The van der Waals surface area contributed by atoms with Crippen molar-refractivity contribution in [3.05, 3.63) is 102 Å². The maximum absolute atomic E-state index is 13.7. The molecule has 9 heteroatoms. The highest BCUT2D eigenvalue weighted by molar-refractivity contribution is 5.97. The van der Waals surface area contributed by atoms with Gasteiger partial charge in [-0.1, -0.05) is 95.0 Å². The fourth-order valence-electron chi connectivity index (χ4n) is 6.38. The molecule has 2 amide bonds. The minimum atomic E-state index is -0.912. The van der Waals surface area contributed by atoms with Gasteiger partial charge in [0.1, 0.15) is 11.8 Å². The van der Waals surface area contributed by atoms with E-state index in [9.17, 15) is 19.5 Å². The van der Waals surface area contributed by atoms with Gasteiger partial charge in [-0.3, -0.25) is 14.4 Å². The zero-order valence-electron chi connectivity index (χ0n) is 30.0. The molecule has 9 nitrogen and oxygen atoms in total. The van der Waals surface area contributed by atoms with Crippen LogP contribution in [0.15, 0.2) is 85.2 Å². The Kier molecular flexibility index (Phi) is 13.3. The van der Waals surface area contributed by atoms with Crippen LogP contribution in [0.25, 0.3) is 22.5 Å². The Hall–Kier alpha value is -5.05. The first-order chi connectivity index (χ1) is 24.7. The van der Waals surface area contributed by atoms with E-state index in [1.807, 2.05) is 60.7 Å². The average Bonchev–Trinajstić information content (AvgIpc) is 3.64. The van der Waals surface area contributed by atoms with Crippen LogP contribution in [0, 0.1) is 11.8 Å². The summed E-state index contributed by atoms with van der Waals surface area (Å²) >= 11 is 0. The van der Waals surface area contributed by atoms with Crippen molar-refractivity contribution in [2.24, 2.45) is 11.8 Å². The highest BCUT2D eigenvalue weighted by Crippen LogP contribution is 2.24. The van der Waals surface area contributed by atoms with E-state index in [0.717, 1.165) is 53.0 Å². The number of ether oxygens (including phenoxy) is 1. The quantitative estimate of drug-likeness (QED) is 0.109. The molecule has 0 saturated carbocycles. The van der Waals surface area contributed by atoms with E-state index < -0.39 is 17.9 Å². The van der Waals surface area contributed by atoms with Crippen LogP contribution < -0.4 is 10.1 Å². The number of nitrogens with one attached hydrogen (secondary N) is 1. The van der Waals surface area contributed by atoms with E-state index in [1.165, 1.54) is 25.7 Å². The SMILES string of the molecule is CCCCCCCOc1ccc(-c2cnc(-c3ccc(CC(NC(=O)c4ccc(CC(C)C)cc4)C(=O)N4CCC(C(=O)O)C4)cc3)nc2)cc1. The fourth-order valence-corrected chi connectivity index (χ4v) is 6.38. The van der Waals surface area contributed by atoms with Crippen LogP contribution in [0.1, 0.15) is 80.8 Å². The van der Waals surface area contributed by atoms with Gasteiger partial charge in [-0.05, 0) is 66.1 Å². The lowest BCUT2D eigenvalue weighted by molar-refractivity contribution is -0.141. The lowest BCUT2D eigenvalue weighted by Gasteiger charge is -2.24. The van der Waals surface area contributed by atoms with Crippen molar-refractivity contribution in [2.75, 3.05) is 19.7 Å². The van der Waals surface area contributed by atoms with Gasteiger partial charge in [0, 0.05) is 48.6 Å². The molecule has 2 unspecified atom stereocenters. The number of likely N-dealkylation sites (tertiary alicyclic amines) is 1. The molecule has 1 aromatic heterocycles. The highest BCUT2D eigenvalue weighted by Gasteiger charge is 2.35. The lowest BCUT2D eigenvalue weighted by Crippen LogP contribution is -2.49. The molecule has 3 aromatic carbocycles. The number of unbranched alkanes of at least 4 members (excludes halogenated alkanes) is 4. The second kappa shape index (κ2) is 18.3. The highest BCUT2D eigenvalue weighted by atomic mass is 16.5. The van der Waals surface area contributed by atoms with Crippen LogP contribution in [-0.2, 0) is 22.4 Å². The van der Waals surface area contributed by atoms with Gasteiger partial charge >= 0.3 is 5.97 Å². The number of hydrogen-bond acceptors (Lipinski definition) is 6. The number of amides is 2. The molecule has 51 heavy (non-hydrogen) atoms. The van der Waals surface area contributed by atoms with Crippen molar-refractivity contribution in [1.29, 1.82) is 0 Å². The number of carbonyl (C=O) groups is 3. The van der Waals surface area contributed by atoms with Crippen molar-refractivity contribution in [3.63, 3.8) is 0 Å². The number of aliphatic carboxylic acids is 1. The maximum Gasteiger partial charge on any atom is 0.308 e. The number of nitrogens with zero attached hydrogens (tertiary/aromatic N) is 3. The molecule has 0 radical (unpaired) electrons. The van der Waals surface area contributed by atoms with Crippen LogP contribution in [0.3, 0.4) is 0 Å². The molecule has 0 bridgehead atoms. The third-order valence-corrected chi connectivity index (χ3v) is 9.32. The van der Waals surface area contributed by atoms with Crippen LogP contribution in [0.5, 0.6) is 5.75 Å². The zero-order chi connectivity index (χ0) is 36.2. The third kappa shape index (κ3) is 10.7. The monoisotopic (exact) mass is 690 g/mol. The number of hydrogen-bond donors (Lipinski definition) is 2. The summed E-state index contributed by atoms with van der Waals surface area (Å²) in [6.45, 7) is 7.71. The van der Waals surface area contributed by atoms with Crippen LogP contribution in [0.2, 0.25) is 0 Å². The molecule has 0 aliphatic carbocycles. The van der Waals surface area contributed by atoms with Gasteiger partial charge in [0.15, 0.2) is 5.82 Å². The molecular formula is C42H50N4O5. The Morgan fingerprint density at radius 1 is 0.824 bits per heavy atom. The number of rotatable bonds is 17. The average molecular weight is 691 g/mol. The minimum Gasteiger partial charge on any atom is -0.494 e. The van der Waals surface area contributed by atoms with Gasteiger partial charge in [0.2, 0.25) is 5.91 Å². The molecule has 1 aliphatic rings. The second-order valence-corrected chi connectivity index (χ2v) is 13.9. The summed E-state index contributed by atoms with van der Waals surface area (Å²) in [7, 11) is 0. The maximum atomic E-state index is 13.7. The van der Waals surface area contributed by atoms with Crippen LogP contribution in [-0.4, -0.2) is 63.5 Å². The Morgan fingerprint density at radius 2 is 1.45 bits per heavy atom. The van der Waals surface area contributed by atoms with Gasteiger partial charge in [-0.25, -0.2) is 9.97 Å². The normalized spacial score (nSPS) is 14.7. The fraction of sp³-hybridized carbons (Fsp3) is 0.405. The number of benzene rings is 3. The smallest absolute Gasteiger partial charge is 0.308 e. The largest absolute Gasteiger partial charge is 0.494 e. The summed E-state index contributed by atoms with van der Waals surface area (Å²) in [5, 5.41) is 12.4. The molecule has 2 atom stereocenters. The van der Waals surface area contributed by atoms with Crippen molar-refractivity contribution in [3.8, 4) is 28.3 Å². The molecule has 1 fully saturated rings. The molecule has 268 valence electrons. The first-order valence-corrected chi connectivity index (χ1v) is 18.3. The predicted molar refractivity (Wildman–Crippen MR) is 199 cm³/mol. The van der Waals surface area contributed by atoms with Crippen LogP contribution in [0.4, 0.5) is 0 Å². The van der Waals surface area contributed by atoms with Gasteiger partial charge in [0.05, 0.1) is 12.5 Å². The number of carbonyl (C=O) groups excluding carboxylic acids is 2. The zero-order valence-corrected chi connectivity index (χ0v) is 30.0. The van der Waals surface area contributed by atoms with Crippen molar-refractivity contribution in [2.45, 2.75) is 78.2 Å². The predicted octanol–water partition coefficient (Wildman–Crippen LogP) is 7.63. The first kappa shape index (κ1) is 37.2. The van der Waals surface area contributed by atoms with E-state index in [2.05, 4.69) is 36.1 Å². The van der Waals surface area contributed by atoms with E-state index in [0.29, 0.717) is 30.3 Å². The van der Waals surface area contributed by atoms with Crippen molar-refractivity contribution < 1.29 is 24.2 Å². The number of carboxylic acids is 1. The molecule has 2 N–H and O–H groups in total. The molecule has 4 aromatic rings. The Morgan fingerprint density at radius 3 is 2.08 bits per heavy atom. The number of carboxylic acid groups (broad SMARTS) is 1. The molecule has 2 heterocycles. The molecular weight excluding hydrogens is 640 g/mol. The Balaban J connectivity index is 1.22. The van der Waals surface area contributed by atoms with E-state index >= 15 is 0 Å². The summed E-state index contributed by atoms with van der Waals surface area (Å²) in [5.41, 5.74) is 5.19. The summed E-state index contributed by atoms with van der Waals surface area (Å²) in [6.07, 6.45) is 11.2. The van der Waals surface area contributed by atoms with Crippen molar-refractivity contribution >= 4 is 17.8 Å².